The van der Waals surface area contributed by atoms with E-state index in [9.17, 15) is 14.4 Å². The van der Waals surface area contributed by atoms with Crippen molar-refractivity contribution < 1.29 is 19.0 Å². The SMILES string of the molecule is CCCCCCCn1c(=O)c(OCc2ccc(OC(C)(C)C(=O)OCC)cc2)nn(C)c1=O. The third-order valence-electron chi connectivity index (χ3n) is 5.10. The molecule has 0 amide bonds. The number of benzene rings is 1. The van der Waals surface area contributed by atoms with E-state index in [0.717, 1.165) is 42.3 Å². The number of hydrogen-bond donors (Lipinski definition) is 0. The first-order valence-corrected chi connectivity index (χ1v) is 11.5. The van der Waals surface area contributed by atoms with Gasteiger partial charge in [0.05, 0.1) is 6.61 Å². The monoisotopic (exact) mass is 461 g/mol. The van der Waals surface area contributed by atoms with Crippen molar-refractivity contribution in [1.29, 1.82) is 0 Å². The average molecular weight is 462 g/mol. The quantitative estimate of drug-likeness (QED) is 0.333. The van der Waals surface area contributed by atoms with Gasteiger partial charge >= 0.3 is 17.2 Å². The molecule has 9 nitrogen and oxygen atoms in total. The second-order valence-corrected chi connectivity index (χ2v) is 8.35. The van der Waals surface area contributed by atoms with E-state index in [-0.39, 0.29) is 19.1 Å². The van der Waals surface area contributed by atoms with Gasteiger partial charge in [-0.25, -0.2) is 14.3 Å². The van der Waals surface area contributed by atoms with Crippen molar-refractivity contribution in [3.05, 3.63) is 50.7 Å². The van der Waals surface area contributed by atoms with E-state index in [4.69, 9.17) is 14.2 Å². The van der Waals surface area contributed by atoms with Gasteiger partial charge in [-0.1, -0.05) is 44.7 Å². The van der Waals surface area contributed by atoms with Gasteiger partial charge in [0.25, 0.3) is 5.88 Å². The van der Waals surface area contributed by atoms with E-state index in [1.807, 2.05) is 0 Å². The highest BCUT2D eigenvalue weighted by atomic mass is 16.6. The Kier molecular flexibility index (Phi) is 9.69. The number of carbonyl (C=O) groups excluding carboxylic acids is 1. The van der Waals surface area contributed by atoms with E-state index in [2.05, 4.69) is 12.0 Å². The minimum absolute atomic E-state index is 0.0957. The molecule has 0 aliphatic heterocycles. The summed E-state index contributed by atoms with van der Waals surface area (Å²) in [4.78, 5) is 37.0. The predicted molar refractivity (Wildman–Crippen MR) is 125 cm³/mol. The van der Waals surface area contributed by atoms with Crippen LogP contribution in [0.15, 0.2) is 33.9 Å². The van der Waals surface area contributed by atoms with Crippen molar-refractivity contribution >= 4 is 5.97 Å². The fourth-order valence-corrected chi connectivity index (χ4v) is 3.21. The van der Waals surface area contributed by atoms with Crippen LogP contribution in [0.2, 0.25) is 0 Å². The highest BCUT2D eigenvalue weighted by Crippen LogP contribution is 2.20. The molecule has 0 radical (unpaired) electrons. The van der Waals surface area contributed by atoms with Crippen molar-refractivity contribution in [2.75, 3.05) is 6.61 Å². The standard InChI is InChI=1S/C24H35N3O6/c1-6-8-9-10-11-16-27-21(28)20(25-26(5)23(27)30)32-17-18-12-14-19(15-13-18)33-24(3,4)22(29)31-7-2/h12-15H,6-11,16-17H2,1-5H3. The molecule has 0 unspecified atom stereocenters. The van der Waals surface area contributed by atoms with Crippen LogP contribution in [0.5, 0.6) is 11.6 Å². The number of aryl methyl sites for hydroxylation is 1. The maximum absolute atomic E-state index is 12.7. The Bertz CT molecular complexity index is 1020. The van der Waals surface area contributed by atoms with Crippen molar-refractivity contribution in [1.82, 2.24) is 14.3 Å². The van der Waals surface area contributed by atoms with E-state index < -0.39 is 22.8 Å². The van der Waals surface area contributed by atoms with Crippen LogP contribution in [0.4, 0.5) is 0 Å². The second-order valence-electron chi connectivity index (χ2n) is 8.35. The van der Waals surface area contributed by atoms with Crippen LogP contribution in [-0.2, 0) is 29.7 Å². The van der Waals surface area contributed by atoms with Gasteiger partial charge in [-0.3, -0.25) is 9.36 Å². The van der Waals surface area contributed by atoms with E-state index >= 15 is 0 Å². The van der Waals surface area contributed by atoms with Crippen molar-refractivity contribution in [2.24, 2.45) is 7.05 Å². The molecule has 9 heteroatoms. The van der Waals surface area contributed by atoms with Crippen molar-refractivity contribution in [3.8, 4) is 11.6 Å². The van der Waals surface area contributed by atoms with E-state index in [0.29, 0.717) is 12.3 Å². The molecular formula is C24H35N3O6. The molecule has 0 aliphatic rings. The summed E-state index contributed by atoms with van der Waals surface area (Å²) >= 11 is 0. The molecule has 0 N–H and O–H groups in total. The summed E-state index contributed by atoms with van der Waals surface area (Å²) < 4.78 is 18.7. The van der Waals surface area contributed by atoms with Gasteiger partial charge in [0, 0.05) is 13.6 Å². The zero-order valence-corrected chi connectivity index (χ0v) is 20.3. The summed E-state index contributed by atoms with van der Waals surface area (Å²) in [6, 6.07) is 6.96. The normalized spacial score (nSPS) is 11.3. The van der Waals surface area contributed by atoms with Gasteiger partial charge in [-0.15, -0.1) is 5.10 Å². The second kappa shape index (κ2) is 12.2. The number of unbranched alkanes of at least 4 members (excludes halogenated alkanes) is 4. The lowest BCUT2D eigenvalue weighted by molar-refractivity contribution is -0.158. The van der Waals surface area contributed by atoms with Crippen molar-refractivity contribution in [3.63, 3.8) is 0 Å². The molecule has 0 saturated carbocycles. The molecule has 33 heavy (non-hydrogen) atoms. The Morgan fingerprint density at radius 1 is 1.03 bits per heavy atom. The Labute approximate surface area is 194 Å². The van der Waals surface area contributed by atoms with Crippen LogP contribution < -0.4 is 20.7 Å². The smallest absolute Gasteiger partial charge is 0.349 e. The van der Waals surface area contributed by atoms with E-state index in [1.54, 1.807) is 45.0 Å². The lowest BCUT2D eigenvalue weighted by Crippen LogP contribution is -2.41. The van der Waals surface area contributed by atoms with Crippen LogP contribution in [0.3, 0.4) is 0 Å². The fraction of sp³-hybridized carbons (Fsp3) is 0.583. The Balaban J connectivity index is 2.03. The molecule has 1 aromatic heterocycles. The van der Waals surface area contributed by atoms with Gasteiger partial charge in [0.1, 0.15) is 12.4 Å². The topological polar surface area (TPSA) is 102 Å². The fourth-order valence-electron chi connectivity index (χ4n) is 3.21. The molecule has 182 valence electrons. The van der Waals surface area contributed by atoms with Gasteiger partial charge in [-0.05, 0) is 44.9 Å². The molecular weight excluding hydrogens is 426 g/mol. The van der Waals surface area contributed by atoms with Crippen LogP contribution in [0, 0.1) is 0 Å². The predicted octanol–water partition coefficient (Wildman–Crippen LogP) is 3.21. The molecule has 0 saturated heterocycles. The number of aromatic nitrogens is 3. The third-order valence-corrected chi connectivity index (χ3v) is 5.10. The Morgan fingerprint density at radius 2 is 1.70 bits per heavy atom. The number of rotatable bonds is 13. The summed E-state index contributed by atoms with van der Waals surface area (Å²) in [6.45, 7) is 7.88. The zero-order chi connectivity index (χ0) is 24.4. The molecule has 0 fully saturated rings. The largest absolute Gasteiger partial charge is 0.476 e. The summed E-state index contributed by atoms with van der Waals surface area (Å²) in [5, 5.41) is 3.98. The van der Waals surface area contributed by atoms with Gasteiger partial charge in [0.2, 0.25) is 0 Å². The molecule has 0 atom stereocenters. The third kappa shape index (κ3) is 7.47. The van der Waals surface area contributed by atoms with Gasteiger partial charge in [0.15, 0.2) is 5.60 Å². The first-order valence-electron chi connectivity index (χ1n) is 11.5. The Morgan fingerprint density at radius 3 is 2.33 bits per heavy atom. The van der Waals surface area contributed by atoms with Crippen LogP contribution in [-0.4, -0.2) is 32.5 Å². The summed E-state index contributed by atoms with van der Waals surface area (Å²) in [5.41, 5.74) is -1.32. The maximum atomic E-state index is 12.7. The zero-order valence-electron chi connectivity index (χ0n) is 20.3. The van der Waals surface area contributed by atoms with Crippen LogP contribution in [0.1, 0.15) is 65.4 Å². The molecule has 1 aromatic carbocycles. The lowest BCUT2D eigenvalue weighted by atomic mass is 10.1. The first-order chi connectivity index (χ1) is 15.7. The van der Waals surface area contributed by atoms with Crippen LogP contribution in [0.25, 0.3) is 0 Å². The summed E-state index contributed by atoms with van der Waals surface area (Å²) in [6.07, 6.45) is 5.06. The van der Waals surface area contributed by atoms with Crippen LogP contribution >= 0.6 is 0 Å². The number of ether oxygens (including phenoxy) is 3. The highest BCUT2D eigenvalue weighted by molar-refractivity contribution is 5.79. The molecule has 2 aromatic rings. The van der Waals surface area contributed by atoms with Gasteiger partial charge in [-0.2, -0.15) is 0 Å². The molecule has 0 spiro atoms. The number of esters is 1. The first kappa shape index (κ1) is 26.2. The lowest BCUT2D eigenvalue weighted by Gasteiger charge is -2.24. The summed E-state index contributed by atoms with van der Waals surface area (Å²) in [7, 11) is 1.50. The molecule has 0 bridgehead atoms. The Hall–Kier alpha value is -3.10. The van der Waals surface area contributed by atoms with Crippen molar-refractivity contribution in [2.45, 2.75) is 78.6 Å². The number of hydrogen-bond acceptors (Lipinski definition) is 7. The highest BCUT2D eigenvalue weighted by Gasteiger charge is 2.31. The summed E-state index contributed by atoms with van der Waals surface area (Å²) in [5.74, 6) is -0.0586. The minimum Gasteiger partial charge on any atom is -0.476 e. The number of nitrogens with zero attached hydrogens (tertiary/aromatic N) is 3. The maximum Gasteiger partial charge on any atom is 0.349 e. The van der Waals surface area contributed by atoms with Gasteiger partial charge < -0.3 is 14.2 Å². The molecule has 2 rings (SSSR count). The van der Waals surface area contributed by atoms with E-state index in [1.165, 1.54) is 11.6 Å². The average Bonchev–Trinajstić information content (AvgIpc) is 2.78. The number of carbonyl (C=O) groups is 1. The molecule has 0 aliphatic carbocycles. The minimum atomic E-state index is -1.12. The molecule has 1 heterocycles.